The van der Waals surface area contributed by atoms with Gasteiger partial charge in [-0.3, -0.25) is 0 Å². The molecule has 0 saturated carbocycles. The molecule has 0 aliphatic rings. The van der Waals surface area contributed by atoms with Crippen LogP contribution in [-0.2, 0) is 0 Å². The van der Waals surface area contributed by atoms with E-state index < -0.39 is 0 Å². The van der Waals surface area contributed by atoms with Crippen molar-refractivity contribution in [1.29, 1.82) is 0 Å². The van der Waals surface area contributed by atoms with Crippen molar-refractivity contribution >= 4 is 33.3 Å². The summed E-state index contributed by atoms with van der Waals surface area (Å²) < 4.78 is 1.15. The third-order valence-corrected chi connectivity index (χ3v) is 7.06. The number of hydrogen-bond acceptors (Lipinski definition) is 9. The molecule has 5 rings (SSSR count). The fraction of sp³-hybridized carbons (Fsp3) is 0.276. The van der Waals surface area contributed by atoms with Crippen LogP contribution in [-0.4, -0.2) is 57.0 Å². The average Bonchev–Trinajstić information content (AvgIpc) is 3.39. The zero-order valence-electron chi connectivity index (χ0n) is 22.1. The van der Waals surface area contributed by atoms with Gasteiger partial charge in [0, 0.05) is 42.2 Å². The average molecular weight is 525 g/mol. The molecular formula is C29H32N8S. The second kappa shape index (κ2) is 11.6. The highest BCUT2D eigenvalue weighted by Crippen LogP contribution is 2.28. The van der Waals surface area contributed by atoms with Gasteiger partial charge in [-0.25, -0.2) is 24.9 Å². The standard InChI is InChI=1S/C29H32N8S/c1-19(34-28-15-26(35-20(2)36-28)23-9-10-25-27(14-23)38-18-33-25)21-7-5-8-22(13-21)24-16-31-29(32-17-24)30-11-6-12-37(3)4/h5,7-10,13-19H,6,11-12H2,1-4H3,(H,30,31,32)(H,34,35,36). The smallest absolute Gasteiger partial charge is 0.222 e. The van der Waals surface area contributed by atoms with Crippen molar-refractivity contribution in [2.75, 3.05) is 37.8 Å². The van der Waals surface area contributed by atoms with Crippen LogP contribution in [0.1, 0.15) is 30.8 Å². The molecule has 3 heterocycles. The Morgan fingerprint density at radius 3 is 2.58 bits per heavy atom. The third-order valence-electron chi connectivity index (χ3n) is 6.27. The lowest BCUT2D eigenvalue weighted by atomic mass is 10.0. The molecule has 5 aromatic rings. The molecule has 9 heteroatoms. The third kappa shape index (κ3) is 6.30. The first-order valence-corrected chi connectivity index (χ1v) is 13.6. The van der Waals surface area contributed by atoms with Crippen LogP contribution in [0, 0.1) is 6.92 Å². The fourth-order valence-electron chi connectivity index (χ4n) is 4.26. The first-order valence-electron chi connectivity index (χ1n) is 12.7. The number of hydrogen-bond donors (Lipinski definition) is 2. The highest BCUT2D eigenvalue weighted by molar-refractivity contribution is 7.16. The number of benzene rings is 2. The molecule has 0 aliphatic carbocycles. The summed E-state index contributed by atoms with van der Waals surface area (Å²) in [6.45, 7) is 5.94. The highest BCUT2D eigenvalue weighted by Gasteiger charge is 2.12. The molecule has 0 spiro atoms. The van der Waals surface area contributed by atoms with Crippen LogP contribution in [0.5, 0.6) is 0 Å². The molecule has 0 saturated heterocycles. The Morgan fingerprint density at radius 2 is 1.76 bits per heavy atom. The minimum Gasteiger partial charge on any atom is -0.363 e. The van der Waals surface area contributed by atoms with E-state index in [1.165, 1.54) is 0 Å². The SMILES string of the molecule is Cc1nc(NC(C)c2cccc(-c3cnc(NCCCN(C)C)nc3)c2)cc(-c2ccc3ncsc3c2)n1. The van der Waals surface area contributed by atoms with Crippen LogP contribution in [0.2, 0.25) is 0 Å². The monoisotopic (exact) mass is 524 g/mol. The fourth-order valence-corrected chi connectivity index (χ4v) is 4.98. The van der Waals surface area contributed by atoms with Gasteiger partial charge in [-0.2, -0.15) is 0 Å². The number of fused-ring (bicyclic) bond motifs is 1. The summed E-state index contributed by atoms with van der Waals surface area (Å²) >= 11 is 1.63. The van der Waals surface area contributed by atoms with Gasteiger partial charge in [0.05, 0.1) is 21.4 Å². The Bertz CT molecular complexity index is 1510. The zero-order valence-corrected chi connectivity index (χ0v) is 23.0. The maximum absolute atomic E-state index is 4.68. The Balaban J connectivity index is 1.28. The predicted octanol–water partition coefficient (Wildman–Crippen LogP) is 6.06. The largest absolute Gasteiger partial charge is 0.363 e. The van der Waals surface area contributed by atoms with Crippen molar-refractivity contribution in [3.8, 4) is 22.4 Å². The molecule has 194 valence electrons. The van der Waals surface area contributed by atoms with Crippen LogP contribution in [0.25, 0.3) is 32.6 Å². The maximum Gasteiger partial charge on any atom is 0.222 e. The second-order valence-corrected chi connectivity index (χ2v) is 10.5. The molecule has 2 N–H and O–H groups in total. The van der Waals surface area contributed by atoms with Crippen LogP contribution in [0.3, 0.4) is 0 Å². The first kappa shape index (κ1) is 25.7. The van der Waals surface area contributed by atoms with Crippen molar-refractivity contribution in [1.82, 2.24) is 29.8 Å². The van der Waals surface area contributed by atoms with Crippen LogP contribution in [0.4, 0.5) is 11.8 Å². The minimum absolute atomic E-state index is 0.0413. The minimum atomic E-state index is 0.0413. The van der Waals surface area contributed by atoms with E-state index in [-0.39, 0.29) is 6.04 Å². The molecule has 0 amide bonds. The second-order valence-electron chi connectivity index (χ2n) is 9.59. The summed E-state index contributed by atoms with van der Waals surface area (Å²) in [5, 5.41) is 6.85. The number of nitrogens with zero attached hydrogens (tertiary/aromatic N) is 6. The molecule has 0 radical (unpaired) electrons. The van der Waals surface area contributed by atoms with Crippen LogP contribution >= 0.6 is 11.3 Å². The molecule has 0 fully saturated rings. The van der Waals surface area contributed by atoms with Crippen molar-refractivity contribution < 1.29 is 0 Å². The molecule has 1 atom stereocenters. The molecule has 8 nitrogen and oxygen atoms in total. The molecular weight excluding hydrogens is 492 g/mol. The summed E-state index contributed by atoms with van der Waals surface area (Å²) in [5.41, 5.74) is 8.03. The molecule has 0 aliphatic heterocycles. The Hall–Kier alpha value is -3.95. The van der Waals surface area contributed by atoms with E-state index in [9.17, 15) is 0 Å². The lowest BCUT2D eigenvalue weighted by Gasteiger charge is -2.17. The normalized spacial score (nSPS) is 12.1. The van der Waals surface area contributed by atoms with Gasteiger partial charge in [0.1, 0.15) is 11.6 Å². The van der Waals surface area contributed by atoms with Gasteiger partial charge in [-0.1, -0.05) is 24.3 Å². The van der Waals surface area contributed by atoms with Gasteiger partial charge >= 0.3 is 0 Å². The summed E-state index contributed by atoms with van der Waals surface area (Å²) in [5.74, 6) is 2.17. The van der Waals surface area contributed by atoms with E-state index >= 15 is 0 Å². The van der Waals surface area contributed by atoms with Crippen LogP contribution in [0.15, 0.2) is 66.4 Å². The van der Waals surface area contributed by atoms with Crippen molar-refractivity contribution in [3.63, 3.8) is 0 Å². The van der Waals surface area contributed by atoms with Crippen molar-refractivity contribution in [3.05, 3.63) is 77.8 Å². The predicted molar refractivity (Wildman–Crippen MR) is 157 cm³/mol. The zero-order chi connectivity index (χ0) is 26.5. The Labute approximate surface area is 227 Å². The number of nitrogens with one attached hydrogen (secondary N) is 2. The van der Waals surface area contributed by atoms with Gasteiger partial charge in [0.2, 0.25) is 5.95 Å². The number of rotatable bonds is 10. The van der Waals surface area contributed by atoms with Gasteiger partial charge < -0.3 is 15.5 Å². The number of thiazole rings is 1. The van der Waals surface area contributed by atoms with E-state index in [0.29, 0.717) is 5.95 Å². The molecule has 1 unspecified atom stereocenters. The van der Waals surface area contributed by atoms with E-state index in [2.05, 4.69) is 97.9 Å². The van der Waals surface area contributed by atoms with Gasteiger partial charge in [-0.05, 0) is 70.2 Å². The molecule has 38 heavy (non-hydrogen) atoms. The van der Waals surface area contributed by atoms with E-state index in [1.54, 1.807) is 11.3 Å². The molecule has 2 aromatic carbocycles. The number of aromatic nitrogens is 5. The van der Waals surface area contributed by atoms with Gasteiger partial charge in [-0.15, -0.1) is 11.3 Å². The van der Waals surface area contributed by atoms with E-state index in [1.807, 2.05) is 37.0 Å². The van der Waals surface area contributed by atoms with E-state index in [4.69, 9.17) is 0 Å². The Kier molecular flexibility index (Phi) is 7.86. The summed E-state index contributed by atoms with van der Waals surface area (Å²) in [4.78, 5) is 24.9. The first-order chi connectivity index (χ1) is 18.4. The van der Waals surface area contributed by atoms with E-state index in [0.717, 1.165) is 69.3 Å². The quantitative estimate of drug-likeness (QED) is 0.213. The van der Waals surface area contributed by atoms with Gasteiger partial charge in [0.15, 0.2) is 0 Å². The summed E-state index contributed by atoms with van der Waals surface area (Å²) in [6.07, 6.45) is 4.79. The maximum atomic E-state index is 4.68. The summed E-state index contributed by atoms with van der Waals surface area (Å²) in [7, 11) is 4.15. The lowest BCUT2D eigenvalue weighted by molar-refractivity contribution is 0.405. The molecule has 3 aromatic heterocycles. The number of aryl methyl sites for hydroxylation is 1. The highest BCUT2D eigenvalue weighted by atomic mass is 32.1. The van der Waals surface area contributed by atoms with Crippen LogP contribution < -0.4 is 10.6 Å². The van der Waals surface area contributed by atoms with Crippen molar-refractivity contribution in [2.24, 2.45) is 0 Å². The van der Waals surface area contributed by atoms with Gasteiger partial charge in [0.25, 0.3) is 0 Å². The summed E-state index contributed by atoms with van der Waals surface area (Å²) in [6, 6.07) is 16.7. The Morgan fingerprint density at radius 1 is 0.921 bits per heavy atom. The molecule has 0 bridgehead atoms. The topological polar surface area (TPSA) is 91.8 Å². The number of anilines is 2. The van der Waals surface area contributed by atoms with Crippen molar-refractivity contribution in [2.45, 2.75) is 26.3 Å². The lowest BCUT2D eigenvalue weighted by Crippen LogP contribution is -2.16.